The molecule has 0 saturated carbocycles. The largest absolute Gasteiger partial charge is 0.462 e. The van der Waals surface area contributed by atoms with Gasteiger partial charge in [0.05, 0.1) is 13.2 Å². The van der Waals surface area contributed by atoms with Gasteiger partial charge >= 0.3 is 11.9 Å². The van der Waals surface area contributed by atoms with E-state index in [2.05, 4.69) is 5.32 Å². The summed E-state index contributed by atoms with van der Waals surface area (Å²) in [6, 6.07) is 16.5. The second-order valence-electron chi connectivity index (χ2n) is 5.08. The molecule has 6 heteroatoms. The van der Waals surface area contributed by atoms with Gasteiger partial charge in [0.2, 0.25) is 0 Å². The highest BCUT2D eigenvalue weighted by molar-refractivity contribution is 6.14. The number of para-hydroxylation sites is 1. The van der Waals surface area contributed by atoms with Gasteiger partial charge in [0.1, 0.15) is 11.5 Å². The van der Waals surface area contributed by atoms with E-state index in [1.54, 1.807) is 38.1 Å². The van der Waals surface area contributed by atoms with Crippen molar-refractivity contribution in [3.63, 3.8) is 0 Å². The number of hydrogen-bond donors (Lipinski definition) is 1. The third-order valence-electron chi connectivity index (χ3n) is 3.21. The standard InChI is InChI=1S/C20H21NO5/c1-3-24-19(22)18(20(23)25-4-2)14-21-15-10-12-17(13-11-15)26-16-8-6-5-7-9-16/h5-14,21H,3-4H2,1-2H3. The molecular weight excluding hydrogens is 334 g/mol. The third kappa shape index (κ3) is 5.66. The van der Waals surface area contributed by atoms with Crippen LogP contribution in [0.3, 0.4) is 0 Å². The Morgan fingerprint density at radius 3 is 1.92 bits per heavy atom. The first-order valence-corrected chi connectivity index (χ1v) is 8.28. The molecule has 2 aromatic rings. The van der Waals surface area contributed by atoms with Gasteiger partial charge in [-0.2, -0.15) is 0 Å². The van der Waals surface area contributed by atoms with Gasteiger partial charge < -0.3 is 19.5 Å². The van der Waals surface area contributed by atoms with Crippen LogP contribution < -0.4 is 10.1 Å². The van der Waals surface area contributed by atoms with Crippen LogP contribution in [0.1, 0.15) is 13.8 Å². The van der Waals surface area contributed by atoms with E-state index >= 15 is 0 Å². The Kier molecular flexibility index (Phi) is 7.24. The Bertz CT molecular complexity index is 734. The van der Waals surface area contributed by atoms with Crippen molar-refractivity contribution >= 4 is 17.6 Å². The maximum absolute atomic E-state index is 11.9. The summed E-state index contributed by atoms with van der Waals surface area (Å²) >= 11 is 0. The maximum Gasteiger partial charge on any atom is 0.347 e. The van der Waals surface area contributed by atoms with Crippen LogP contribution in [0.25, 0.3) is 0 Å². The molecule has 0 heterocycles. The van der Waals surface area contributed by atoms with E-state index in [9.17, 15) is 9.59 Å². The number of hydrogen-bond acceptors (Lipinski definition) is 6. The molecule has 0 amide bonds. The van der Waals surface area contributed by atoms with Crippen molar-refractivity contribution in [3.05, 3.63) is 66.4 Å². The lowest BCUT2D eigenvalue weighted by atomic mass is 10.2. The fraction of sp³-hybridized carbons (Fsp3) is 0.200. The van der Waals surface area contributed by atoms with Crippen molar-refractivity contribution in [2.75, 3.05) is 18.5 Å². The molecule has 0 radical (unpaired) electrons. The van der Waals surface area contributed by atoms with E-state index in [0.717, 1.165) is 5.75 Å². The van der Waals surface area contributed by atoms with Gasteiger partial charge in [-0.1, -0.05) is 18.2 Å². The van der Waals surface area contributed by atoms with Crippen molar-refractivity contribution in [1.29, 1.82) is 0 Å². The molecule has 0 aliphatic heterocycles. The van der Waals surface area contributed by atoms with Crippen molar-refractivity contribution in [2.45, 2.75) is 13.8 Å². The predicted octanol–water partition coefficient (Wildman–Crippen LogP) is 3.90. The van der Waals surface area contributed by atoms with E-state index in [4.69, 9.17) is 14.2 Å². The Morgan fingerprint density at radius 1 is 0.846 bits per heavy atom. The van der Waals surface area contributed by atoms with Crippen LogP contribution >= 0.6 is 0 Å². The number of esters is 2. The molecule has 6 nitrogen and oxygen atoms in total. The lowest BCUT2D eigenvalue weighted by Crippen LogP contribution is -2.19. The molecule has 2 rings (SSSR count). The number of nitrogens with one attached hydrogen (secondary N) is 1. The minimum absolute atomic E-state index is 0.168. The summed E-state index contributed by atoms with van der Waals surface area (Å²) in [5.41, 5.74) is 0.481. The van der Waals surface area contributed by atoms with Crippen molar-refractivity contribution in [3.8, 4) is 11.5 Å². The van der Waals surface area contributed by atoms with Gasteiger partial charge in [-0.3, -0.25) is 0 Å². The predicted molar refractivity (Wildman–Crippen MR) is 97.9 cm³/mol. The SMILES string of the molecule is CCOC(=O)C(=CNc1ccc(Oc2ccccc2)cc1)C(=O)OCC. The Morgan fingerprint density at radius 2 is 1.38 bits per heavy atom. The first-order valence-electron chi connectivity index (χ1n) is 8.28. The van der Waals surface area contributed by atoms with E-state index in [-0.39, 0.29) is 18.8 Å². The highest BCUT2D eigenvalue weighted by atomic mass is 16.6. The second kappa shape index (κ2) is 9.88. The van der Waals surface area contributed by atoms with Crippen molar-refractivity contribution in [1.82, 2.24) is 0 Å². The summed E-state index contributed by atoms with van der Waals surface area (Å²) in [5, 5.41) is 2.90. The molecule has 0 aromatic heterocycles. The minimum atomic E-state index is -0.734. The molecule has 0 spiro atoms. The number of ether oxygens (including phenoxy) is 3. The zero-order chi connectivity index (χ0) is 18.8. The molecule has 0 unspecified atom stereocenters. The van der Waals surface area contributed by atoms with Crippen LogP contribution in [-0.4, -0.2) is 25.2 Å². The van der Waals surface area contributed by atoms with Gasteiger partial charge in [0, 0.05) is 11.9 Å². The van der Waals surface area contributed by atoms with Gasteiger partial charge in [0.15, 0.2) is 5.57 Å². The normalized spacial score (nSPS) is 9.77. The number of anilines is 1. The van der Waals surface area contributed by atoms with E-state index in [0.29, 0.717) is 11.4 Å². The zero-order valence-corrected chi connectivity index (χ0v) is 14.7. The van der Waals surface area contributed by atoms with Crippen LogP contribution in [0.15, 0.2) is 66.4 Å². The third-order valence-corrected chi connectivity index (χ3v) is 3.21. The molecule has 0 bridgehead atoms. The van der Waals surface area contributed by atoms with E-state index < -0.39 is 11.9 Å². The molecule has 0 saturated heterocycles. The molecular formula is C20H21NO5. The molecule has 0 atom stereocenters. The first-order chi connectivity index (χ1) is 12.6. The molecule has 2 aromatic carbocycles. The monoisotopic (exact) mass is 355 g/mol. The average molecular weight is 355 g/mol. The topological polar surface area (TPSA) is 73.9 Å². The summed E-state index contributed by atoms with van der Waals surface area (Å²) in [6.45, 7) is 3.67. The van der Waals surface area contributed by atoms with Crippen LogP contribution in [-0.2, 0) is 19.1 Å². The van der Waals surface area contributed by atoms with Gasteiger partial charge in [0.25, 0.3) is 0 Å². The minimum Gasteiger partial charge on any atom is -0.462 e. The molecule has 0 aliphatic carbocycles. The molecule has 136 valence electrons. The summed E-state index contributed by atoms with van der Waals surface area (Å²) in [4.78, 5) is 23.8. The maximum atomic E-state index is 11.9. The average Bonchev–Trinajstić information content (AvgIpc) is 2.64. The van der Waals surface area contributed by atoms with E-state index in [1.807, 2.05) is 30.3 Å². The van der Waals surface area contributed by atoms with Crippen molar-refractivity contribution < 1.29 is 23.8 Å². The van der Waals surface area contributed by atoms with Gasteiger partial charge in [-0.25, -0.2) is 9.59 Å². The van der Waals surface area contributed by atoms with Gasteiger partial charge in [-0.15, -0.1) is 0 Å². The van der Waals surface area contributed by atoms with Crippen LogP contribution in [0.5, 0.6) is 11.5 Å². The van der Waals surface area contributed by atoms with Crippen molar-refractivity contribution in [2.24, 2.45) is 0 Å². The zero-order valence-electron chi connectivity index (χ0n) is 14.7. The van der Waals surface area contributed by atoms with Crippen LogP contribution in [0, 0.1) is 0 Å². The number of carbonyl (C=O) groups excluding carboxylic acids is 2. The number of benzene rings is 2. The first kappa shape index (κ1) is 19.1. The quantitative estimate of drug-likeness (QED) is 0.335. The molecule has 0 fully saturated rings. The van der Waals surface area contributed by atoms with Gasteiger partial charge in [-0.05, 0) is 50.2 Å². The summed E-state index contributed by atoms with van der Waals surface area (Å²) < 4.78 is 15.5. The highest BCUT2D eigenvalue weighted by Gasteiger charge is 2.20. The fourth-order valence-corrected chi connectivity index (χ4v) is 2.02. The number of rotatable bonds is 8. The number of carbonyl (C=O) groups is 2. The Hall–Kier alpha value is -3.28. The molecule has 26 heavy (non-hydrogen) atoms. The summed E-state index contributed by atoms with van der Waals surface area (Å²) in [6.07, 6.45) is 1.28. The smallest absolute Gasteiger partial charge is 0.347 e. The van der Waals surface area contributed by atoms with E-state index in [1.165, 1.54) is 6.20 Å². The Balaban J connectivity index is 2.06. The lowest BCUT2D eigenvalue weighted by molar-refractivity contribution is -0.146. The molecule has 0 aliphatic rings. The lowest BCUT2D eigenvalue weighted by Gasteiger charge is -2.09. The summed E-state index contributed by atoms with van der Waals surface area (Å²) in [7, 11) is 0. The fourth-order valence-electron chi connectivity index (χ4n) is 2.02. The second-order valence-corrected chi connectivity index (χ2v) is 5.08. The highest BCUT2D eigenvalue weighted by Crippen LogP contribution is 2.22. The molecule has 1 N–H and O–H groups in total. The van der Waals surface area contributed by atoms with Crippen LogP contribution in [0.4, 0.5) is 5.69 Å². The Labute approximate surface area is 152 Å². The van der Waals surface area contributed by atoms with Crippen LogP contribution in [0.2, 0.25) is 0 Å². The summed E-state index contributed by atoms with van der Waals surface area (Å²) in [5.74, 6) is -0.0632.